The minimum Gasteiger partial charge on any atom is -0.480 e. The van der Waals surface area contributed by atoms with E-state index in [4.69, 9.17) is 17.3 Å². The number of carboxylic acids is 1. The Hall–Kier alpha value is -0.880. The Labute approximate surface area is 115 Å². The Balaban J connectivity index is 2.06. The van der Waals surface area contributed by atoms with Gasteiger partial charge in [0.15, 0.2) is 0 Å². The van der Waals surface area contributed by atoms with Crippen molar-refractivity contribution in [2.75, 3.05) is 6.54 Å². The van der Waals surface area contributed by atoms with Crippen LogP contribution in [0.4, 0.5) is 4.79 Å². The highest BCUT2D eigenvalue weighted by Crippen LogP contribution is 2.35. The second kappa shape index (κ2) is 5.84. The number of carboxylic acid groups (broad SMARTS) is 1. The number of carbonyl (C=O) groups is 2. The van der Waals surface area contributed by atoms with Crippen LogP contribution in [0.1, 0.15) is 32.1 Å². The predicted molar refractivity (Wildman–Crippen MR) is 74.6 cm³/mol. The van der Waals surface area contributed by atoms with Gasteiger partial charge in [0.2, 0.25) is 0 Å². The molecule has 0 radical (unpaired) electrons. The average Bonchev–Trinajstić information content (AvgIpc) is 2.58. The zero-order valence-corrected chi connectivity index (χ0v) is 11.6. The molecule has 0 aromatic heterocycles. The van der Waals surface area contributed by atoms with E-state index in [9.17, 15) is 9.59 Å². The summed E-state index contributed by atoms with van der Waals surface area (Å²) in [6.45, 7) is -0.341. The average molecular weight is 285 g/mol. The molecule has 6 heteroatoms. The van der Waals surface area contributed by atoms with Crippen LogP contribution in [0.2, 0.25) is 0 Å². The minimum absolute atomic E-state index is 0.274. The number of hydrogen-bond acceptors (Lipinski definition) is 4. The summed E-state index contributed by atoms with van der Waals surface area (Å²) in [5.41, 5.74) is 0. The van der Waals surface area contributed by atoms with Crippen molar-refractivity contribution in [2.45, 2.75) is 32.1 Å². The zero-order chi connectivity index (χ0) is 13.1. The third-order valence-corrected chi connectivity index (χ3v) is 4.72. The normalized spacial score (nSPS) is 24.0. The largest absolute Gasteiger partial charge is 0.480 e. The van der Waals surface area contributed by atoms with Crippen LogP contribution in [-0.2, 0) is 4.79 Å². The quantitative estimate of drug-likeness (QED) is 0.638. The molecule has 0 aromatic carbocycles. The van der Waals surface area contributed by atoms with Crippen molar-refractivity contribution in [2.24, 2.45) is 5.92 Å². The summed E-state index contributed by atoms with van der Waals surface area (Å²) in [5.74, 6) is -0.554. The predicted octanol–water partition coefficient (Wildman–Crippen LogP) is 3.03. The molecule has 2 aliphatic rings. The molecule has 0 unspecified atom stereocenters. The zero-order valence-electron chi connectivity index (χ0n) is 9.92. The molecule has 0 atom stereocenters. The molecule has 0 spiro atoms. The van der Waals surface area contributed by atoms with Crippen molar-refractivity contribution >= 4 is 40.2 Å². The van der Waals surface area contributed by atoms with Gasteiger partial charge in [0, 0.05) is 4.91 Å². The van der Waals surface area contributed by atoms with Crippen LogP contribution in [0.3, 0.4) is 0 Å². The summed E-state index contributed by atoms with van der Waals surface area (Å²) < 4.78 is 0. The lowest BCUT2D eigenvalue weighted by Crippen LogP contribution is -2.32. The Morgan fingerprint density at radius 2 is 2.11 bits per heavy atom. The Morgan fingerprint density at radius 3 is 2.72 bits per heavy atom. The third kappa shape index (κ3) is 3.11. The van der Waals surface area contributed by atoms with Gasteiger partial charge in [-0.05, 0) is 30.5 Å². The van der Waals surface area contributed by atoms with E-state index >= 15 is 0 Å². The molecule has 1 aliphatic heterocycles. The van der Waals surface area contributed by atoms with Crippen LogP contribution < -0.4 is 0 Å². The number of thioether (sulfide) groups is 1. The van der Waals surface area contributed by atoms with E-state index in [-0.39, 0.29) is 11.8 Å². The molecule has 98 valence electrons. The molecule has 1 aliphatic carbocycles. The third-order valence-electron chi connectivity index (χ3n) is 3.20. The molecule has 1 saturated heterocycles. The highest BCUT2D eigenvalue weighted by molar-refractivity contribution is 8.19. The van der Waals surface area contributed by atoms with E-state index in [1.165, 1.54) is 19.3 Å². The number of aliphatic carboxylic acids is 1. The molecule has 2 fully saturated rings. The first kappa shape index (κ1) is 13.5. The molecule has 2 rings (SSSR count). The maximum atomic E-state index is 11.7. The molecule has 1 amide bonds. The van der Waals surface area contributed by atoms with E-state index < -0.39 is 5.97 Å². The van der Waals surface area contributed by atoms with Crippen LogP contribution in [-0.4, -0.2) is 32.7 Å². The fraction of sp³-hybridized carbons (Fsp3) is 0.583. The summed E-state index contributed by atoms with van der Waals surface area (Å²) in [4.78, 5) is 24.6. The summed E-state index contributed by atoms with van der Waals surface area (Å²) in [6.07, 6.45) is 8.06. The van der Waals surface area contributed by atoms with Gasteiger partial charge in [-0.3, -0.25) is 14.5 Å². The maximum absolute atomic E-state index is 11.7. The lowest BCUT2D eigenvalue weighted by Gasteiger charge is -2.18. The standard InChI is InChI=1S/C12H15NO3S2/c14-10(15)7-13-11(17)9(18-12(13)16)6-8-4-2-1-3-5-8/h6,8H,1-5,7H2,(H,14,15). The lowest BCUT2D eigenvalue weighted by atomic mass is 9.89. The van der Waals surface area contributed by atoms with Gasteiger partial charge >= 0.3 is 5.97 Å². The minimum atomic E-state index is -1.04. The van der Waals surface area contributed by atoms with E-state index in [0.29, 0.717) is 10.9 Å². The number of rotatable bonds is 3. The van der Waals surface area contributed by atoms with Crippen LogP contribution in [0.15, 0.2) is 11.0 Å². The molecule has 1 saturated carbocycles. The fourth-order valence-corrected chi connectivity index (χ4v) is 3.61. The molecule has 4 nitrogen and oxygen atoms in total. The van der Waals surface area contributed by atoms with E-state index in [2.05, 4.69) is 6.08 Å². The van der Waals surface area contributed by atoms with Crippen molar-refractivity contribution in [1.29, 1.82) is 0 Å². The smallest absolute Gasteiger partial charge is 0.323 e. The maximum Gasteiger partial charge on any atom is 0.323 e. The van der Waals surface area contributed by atoms with Gasteiger partial charge in [-0.1, -0.05) is 37.6 Å². The molecular weight excluding hydrogens is 270 g/mol. The summed E-state index contributed by atoms with van der Waals surface area (Å²) in [7, 11) is 0. The van der Waals surface area contributed by atoms with Crippen LogP contribution in [0, 0.1) is 5.92 Å². The number of thiocarbonyl (C=S) groups is 1. The molecule has 0 bridgehead atoms. The SMILES string of the molecule is O=C(O)CN1C(=O)SC(=CC2CCCCC2)C1=S. The van der Waals surface area contributed by atoms with Crippen molar-refractivity contribution in [3.05, 3.63) is 11.0 Å². The molecule has 0 aromatic rings. The van der Waals surface area contributed by atoms with Crippen LogP contribution in [0.5, 0.6) is 0 Å². The second-order valence-corrected chi connectivity index (χ2v) is 5.96. The lowest BCUT2D eigenvalue weighted by molar-refractivity contribution is -0.136. The van der Waals surface area contributed by atoms with Gasteiger partial charge in [-0.15, -0.1) is 0 Å². The highest BCUT2D eigenvalue weighted by atomic mass is 32.2. The van der Waals surface area contributed by atoms with Crippen LogP contribution >= 0.6 is 24.0 Å². The number of allylic oxidation sites excluding steroid dienone is 1. The number of hydrogen-bond donors (Lipinski definition) is 1. The second-order valence-electron chi connectivity index (χ2n) is 4.58. The van der Waals surface area contributed by atoms with Gasteiger partial charge in [-0.2, -0.15) is 0 Å². The first-order chi connectivity index (χ1) is 8.58. The van der Waals surface area contributed by atoms with Crippen LogP contribution in [0.25, 0.3) is 0 Å². The molecule has 1 heterocycles. The number of carbonyl (C=O) groups excluding carboxylic acids is 1. The molecule has 1 N–H and O–H groups in total. The summed E-state index contributed by atoms with van der Waals surface area (Å²) >= 11 is 6.24. The van der Waals surface area contributed by atoms with Crippen molar-refractivity contribution in [3.8, 4) is 0 Å². The van der Waals surface area contributed by atoms with Crippen molar-refractivity contribution in [1.82, 2.24) is 4.90 Å². The molecule has 18 heavy (non-hydrogen) atoms. The van der Waals surface area contributed by atoms with E-state index in [1.807, 2.05) is 0 Å². The molecular formula is C12H15NO3S2. The Bertz CT molecular complexity index is 414. The van der Waals surface area contributed by atoms with Gasteiger partial charge in [-0.25, -0.2) is 0 Å². The summed E-state index contributed by atoms with van der Waals surface area (Å²) in [5, 5.41) is 8.46. The first-order valence-electron chi connectivity index (χ1n) is 6.05. The number of nitrogens with zero attached hydrogens (tertiary/aromatic N) is 1. The number of amides is 1. The topological polar surface area (TPSA) is 57.6 Å². The Morgan fingerprint density at radius 1 is 1.44 bits per heavy atom. The Kier molecular flexibility index (Phi) is 4.40. The van der Waals surface area contributed by atoms with Crippen molar-refractivity contribution < 1.29 is 14.7 Å². The van der Waals surface area contributed by atoms with Gasteiger partial charge in [0.25, 0.3) is 5.24 Å². The van der Waals surface area contributed by atoms with Gasteiger partial charge in [0.1, 0.15) is 11.5 Å². The highest BCUT2D eigenvalue weighted by Gasteiger charge is 2.33. The monoisotopic (exact) mass is 285 g/mol. The summed E-state index contributed by atoms with van der Waals surface area (Å²) in [6, 6.07) is 0. The van der Waals surface area contributed by atoms with E-state index in [1.54, 1.807) is 0 Å². The first-order valence-corrected chi connectivity index (χ1v) is 7.27. The van der Waals surface area contributed by atoms with Gasteiger partial charge in [0.05, 0.1) is 0 Å². The van der Waals surface area contributed by atoms with Crippen molar-refractivity contribution in [3.63, 3.8) is 0 Å². The van der Waals surface area contributed by atoms with Gasteiger partial charge < -0.3 is 5.11 Å². The van der Waals surface area contributed by atoms with E-state index in [0.717, 1.165) is 34.4 Å². The fourth-order valence-electron chi connectivity index (χ4n) is 2.30.